The summed E-state index contributed by atoms with van der Waals surface area (Å²) >= 11 is 6.98. The number of amides is 3. The molecule has 0 aromatic heterocycles. The molecule has 29 heavy (non-hydrogen) atoms. The Hall–Kier alpha value is -3.11. The van der Waals surface area contributed by atoms with Gasteiger partial charge in [0.2, 0.25) is 0 Å². The number of nitro groups is 1. The standard InChI is InChI=1S/C18H14ClN3O6S/c19-12-2-4-13(5-3-12)29-15-6-1-11(9-14(15)22(26)27)17(24)28-10-16(23)21-8-7-20-18(21)25/h1-6,9H,7-8,10H2,(H,20,25). The van der Waals surface area contributed by atoms with E-state index >= 15 is 0 Å². The second-order valence-corrected chi connectivity index (χ2v) is 7.40. The maximum Gasteiger partial charge on any atom is 0.338 e. The molecule has 3 rings (SSSR count). The second-order valence-electron chi connectivity index (χ2n) is 5.85. The number of ether oxygens (including phenoxy) is 1. The van der Waals surface area contributed by atoms with Crippen LogP contribution in [0.25, 0.3) is 0 Å². The zero-order chi connectivity index (χ0) is 21.0. The van der Waals surface area contributed by atoms with E-state index in [-0.39, 0.29) is 17.8 Å². The first-order valence-electron chi connectivity index (χ1n) is 8.32. The molecule has 3 amide bonds. The van der Waals surface area contributed by atoms with Crippen molar-refractivity contribution < 1.29 is 24.0 Å². The Bertz CT molecular complexity index is 982. The fourth-order valence-corrected chi connectivity index (χ4v) is 3.53. The van der Waals surface area contributed by atoms with Gasteiger partial charge in [-0.05, 0) is 36.4 Å². The molecule has 0 aliphatic carbocycles. The number of nitro benzene ring substituents is 1. The number of nitrogens with one attached hydrogen (secondary N) is 1. The van der Waals surface area contributed by atoms with Crippen LogP contribution in [0, 0.1) is 10.1 Å². The molecule has 1 N–H and O–H groups in total. The first-order valence-corrected chi connectivity index (χ1v) is 9.52. The number of hydrogen-bond donors (Lipinski definition) is 1. The van der Waals surface area contributed by atoms with Gasteiger partial charge in [0.25, 0.3) is 11.6 Å². The first kappa shape index (κ1) is 20.6. The Labute approximate surface area is 174 Å². The van der Waals surface area contributed by atoms with Gasteiger partial charge in [0, 0.05) is 29.1 Å². The number of hydrogen-bond acceptors (Lipinski definition) is 7. The minimum Gasteiger partial charge on any atom is -0.452 e. The molecule has 1 saturated heterocycles. The lowest BCUT2D eigenvalue weighted by Gasteiger charge is -2.12. The Morgan fingerprint density at radius 1 is 1.24 bits per heavy atom. The second kappa shape index (κ2) is 8.93. The van der Waals surface area contributed by atoms with Crippen molar-refractivity contribution >= 4 is 47.0 Å². The highest BCUT2D eigenvalue weighted by atomic mass is 35.5. The van der Waals surface area contributed by atoms with Crippen LogP contribution in [-0.4, -0.2) is 47.4 Å². The number of rotatable bonds is 6. The minimum atomic E-state index is -0.899. The number of halogens is 1. The SMILES string of the molecule is O=C(OCC(=O)N1CCNC1=O)c1ccc(Sc2ccc(Cl)cc2)c([N+](=O)[O-])c1. The molecular weight excluding hydrogens is 422 g/mol. The Morgan fingerprint density at radius 2 is 1.97 bits per heavy atom. The van der Waals surface area contributed by atoms with Gasteiger partial charge in [-0.2, -0.15) is 0 Å². The highest BCUT2D eigenvalue weighted by molar-refractivity contribution is 7.99. The molecule has 0 saturated carbocycles. The van der Waals surface area contributed by atoms with E-state index in [0.717, 1.165) is 27.6 Å². The molecule has 0 atom stereocenters. The third kappa shape index (κ3) is 5.04. The molecule has 2 aromatic rings. The van der Waals surface area contributed by atoms with Gasteiger partial charge in [-0.1, -0.05) is 23.4 Å². The van der Waals surface area contributed by atoms with Gasteiger partial charge in [0.05, 0.1) is 15.4 Å². The van der Waals surface area contributed by atoms with Crippen LogP contribution in [0.15, 0.2) is 52.3 Å². The van der Waals surface area contributed by atoms with Gasteiger partial charge in [0.1, 0.15) is 0 Å². The van der Waals surface area contributed by atoms with E-state index in [0.29, 0.717) is 16.5 Å². The summed E-state index contributed by atoms with van der Waals surface area (Å²) < 4.78 is 4.90. The van der Waals surface area contributed by atoms with Crippen LogP contribution in [-0.2, 0) is 9.53 Å². The van der Waals surface area contributed by atoms with Gasteiger partial charge in [-0.15, -0.1) is 0 Å². The zero-order valence-electron chi connectivity index (χ0n) is 14.8. The van der Waals surface area contributed by atoms with Crippen LogP contribution in [0.3, 0.4) is 0 Å². The van der Waals surface area contributed by atoms with Crippen molar-refractivity contribution in [2.45, 2.75) is 9.79 Å². The fraction of sp³-hybridized carbons (Fsp3) is 0.167. The van der Waals surface area contributed by atoms with Gasteiger partial charge in [0.15, 0.2) is 6.61 Å². The predicted molar refractivity (Wildman–Crippen MR) is 104 cm³/mol. The smallest absolute Gasteiger partial charge is 0.338 e. The lowest BCUT2D eigenvalue weighted by atomic mass is 10.2. The highest BCUT2D eigenvalue weighted by Gasteiger charge is 2.27. The average molecular weight is 436 g/mol. The third-order valence-corrected chi connectivity index (χ3v) is 5.24. The van der Waals surface area contributed by atoms with E-state index < -0.39 is 29.4 Å². The quantitative estimate of drug-likeness (QED) is 0.420. The van der Waals surface area contributed by atoms with Crippen molar-refractivity contribution in [3.63, 3.8) is 0 Å². The Morgan fingerprint density at radius 3 is 2.59 bits per heavy atom. The minimum absolute atomic E-state index is 0.0733. The molecule has 9 nitrogen and oxygen atoms in total. The van der Waals surface area contributed by atoms with Crippen molar-refractivity contribution in [3.8, 4) is 0 Å². The molecule has 0 unspecified atom stereocenters. The summed E-state index contributed by atoms with van der Waals surface area (Å²) in [6.07, 6.45) is 0. The average Bonchev–Trinajstić information content (AvgIpc) is 3.13. The predicted octanol–water partition coefficient (Wildman–Crippen LogP) is 3.11. The fourth-order valence-electron chi connectivity index (χ4n) is 2.50. The lowest BCUT2D eigenvalue weighted by Crippen LogP contribution is -2.37. The van der Waals surface area contributed by atoms with E-state index in [1.807, 2.05) is 0 Å². The van der Waals surface area contributed by atoms with Crippen LogP contribution in [0.2, 0.25) is 5.02 Å². The van der Waals surface area contributed by atoms with Crippen LogP contribution >= 0.6 is 23.4 Å². The third-order valence-electron chi connectivity index (χ3n) is 3.92. The van der Waals surface area contributed by atoms with E-state index in [1.165, 1.54) is 12.1 Å². The monoisotopic (exact) mass is 435 g/mol. The summed E-state index contributed by atoms with van der Waals surface area (Å²) in [4.78, 5) is 48.4. The van der Waals surface area contributed by atoms with Crippen molar-refractivity contribution in [2.24, 2.45) is 0 Å². The molecule has 1 fully saturated rings. The lowest BCUT2D eigenvalue weighted by molar-refractivity contribution is -0.387. The molecule has 150 valence electrons. The molecule has 0 bridgehead atoms. The normalized spacial score (nSPS) is 13.1. The van der Waals surface area contributed by atoms with Gasteiger partial charge in [-0.3, -0.25) is 19.8 Å². The summed E-state index contributed by atoms with van der Waals surface area (Å²) in [5.74, 6) is -1.57. The molecule has 1 aliphatic heterocycles. The Kier molecular flexibility index (Phi) is 6.35. The molecule has 0 radical (unpaired) electrons. The molecule has 2 aromatic carbocycles. The maximum absolute atomic E-state index is 12.2. The number of nitrogens with zero attached hydrogens (tertiary/aromatic N) is 2. The van der Waals surface area contributed by atoms with Crippen LogP contribution in [0.1, 0.15) is 10.4 Å². The number of imide groups is 1. The number of carbonyl (C=O) groups excluding carboxylic acids is 3. The topological polar surface area (TPSA) is 119 Å². The van der Waals surface area contributed by atoms with Crippen LogP contribution < -0.4 is 5.32 Å². The highest BCUT2D eigenvalue weighted by Crippen LogP contribution is 2.35. The Balaban J connectivity index is 1.70. The van der Waals surface area contributed by atoms with E-state index in [2.05, 4.69) is 5.32 Å². The summed E-state index contributed by atoms with van der Waals surface area (Å²) in [7, 11) is 0. The summed E-state index contributed by atoms with van der Waals surface area (Å²) in [5.41, 5.74) is -0.347. The van der Waals surface area contributed by atoms with Gasteiger partial charge < -0.3 is 10.1 Å². The van der Waals surface area contributed by atoms with Crippen molar-refractivity contribution in [1.82, 2.24) is 10.2 Å². The van der Waals surface area contributed by atoms with Crippen molar-refractivity contribution in [3.05, 3.63) is 63.2 Å². The maximum atomic E-state index is 12.2. The van der Waals surface area contributed by atoms with E-state index in [9.17, 15) is 24.5 Å². The summed E-state index contributed by atoms with van der Waals surface area (Å²) in [6, 6.07) is 10.1. The number of carbonyl (C=O) groups is 3. The number of urea groups is 1. The summed E-state index contributed by atoms with van der Waals surface area (Å²) in [6.45, 7) is -0.115. The largest absolute Gasteiger partial charge is 0.452 e. The van der Waals surface area contributed by atoms with Crippen LogP contribution in [0.4, 0.5) is 10.5 Å². The molecule has 1 heterocycles. The molecule has 11 heteroatoms. The van der Waals surface area contributed by atoms with Gasteiger partial charge in [-0.25, -0.2) is 9.59 Å². The van der Waals surface area contributed by atoms with E-state index in [4.69, 9.17) is 16.3 Å². The number of esters is 1. The molecule has 0 spiro atoms. The first-order chi connectivity index (χ1) is 13.8. The van der Waals surface area contributed by atoms with Crippen molar-refractivity contribution in [2.75, 3.05) is 19.7 Å². The van der Waals surface area contributed by atoms with E-state index in [1.54, 1.807) is 24.3 Å². The van der Waals surface area contributed by atoms with Gasteiger partial charge >= 0.3 is 12.0 Å². The van der Waals surface area contributed by atoms with Crippen LogP contribution in [0.5, 0.6) is 0 Å². The molecule has 1 aliphatic rings. The molecular formula is C18H14ClN3O6S. The van der Waals surface area contributed by atoms with Crippen molar-refractivity contribution in [1.29, 1.82) is 0 Å². The number of benzene rings is 2. The summed E-state index contributed by atoms with van der Waals surface area (Å²) in [5, 5.41) is 14.4. The zero-order valence-corrected chi connectivity index (χ0v) is 16.4.